The topological polar surface area (TPSA) is 77.5 Å². The number of nitrogens with zero attached hydrogens (tertiary/aromatic N) is 1. The molecular weight excluding hydrogens is 458 g/mol. The summed E-state index contributed by atoms with van der Waals surface area (Å²) < 4.78 is 23.0. The molecule has 0 aromatic heterocycles. The van der Waals surface area contributed by atoms with Crippen LogP contribution in [0.3, 0.4) is 0 Å². The number of carbonyl (C=O) groups is 1. The van der Waals surface area contributed by atoms with Gasteiger partial charge in [-0.2, -0.15) is 0 Å². The lowest BCUT2D eigenvalue weighted by Crippen LogP contribution is -2.48. The molecule has 1 aromatic carbocycles. The zero-order chi connectivity index (χ0) is 26.8. The van der Waals surface area contributed by atoms with Gasteiger partial charge in [-0.3, -0.25) is 0 Å². The van der Waals surface area contributed by atoms with Gasteiger partial charge in [0.15, 0.2) is 11.5 Å². The Labute approximate surface area is 216 Å². The van der Waals surface area contributed by atoms with Crippen LogP contribution in [0.1, 0.15) is 59.9 Å². The third-order valence-electron chi connectivity index (χ3n) is 5.95. The van der Waals surface area contributed by atoms with Crippen LogP contribution in [-0.2, 0) is 25.6 Å². The molecule has 1 fully saturated rings. The van der Waals surface area contributed by atoms with Gasteiger partial charge in [0, 0.05) is 23.9 Å². The fraction of sp³-hybridized carbons (Fsp3) is 0.586. The minimum Gasteiger partial charge on any atom is -0.403 e. The summed E-state index contributed by atoms with van der Waals surface area (Å²) in [5.41, 5.74) is 3.08. The molecule has 1 saturated heterocycles. The number of carbonyl (C=O) groups excluding carboxylic acids is 1. The van der Waals surface area contributed by atoms with E-state index in [0.29, 0.717) is 26.2 Å². The van der Waals surface area contributed by atoms with Gasteiger partial charge in [0.05, 0.1) is 19.8 Å². The van der Waals surface area contributed by atoms with Crippen LogP contribution in [0.25, 0.3) is 0 Å². The first kappa shape index (κ1) is 29.6. The number of amides is 1. The van der Waals surface area contributed by atoms with Crippen LogP contribution < -0.4 is 0 Å². The quantitative estimate of drug-likeness (QED) is 0.210. The molecule has 0 radical (unpaired) electrons. The predicted octanol–water partition coefficient (Wildman–Crippen LogP) is 5.04. The second kappa shape index (κ2) is 13.6. The van der Waals surface area contributed by atoms with E-state index in [1.807, 2.05) is 71.9 Å². The molecule has 1 atom stereocenters. The van der Waals surface area contributed by atoms with Gasteiger partial charge < -0.3 is 29.0 Å². The molecule has 0 aliphatic carbocycles. The Balaban J connectivity index is 2.04. The van der Waals surface area contributed by atoms with E-state index in [4.69, 9.17) is 18.9 Å². The van der Waals surface area contributed by atoms with Crippen molar-refractivity contribution in [2.75, 3.05) is 19.8 Å². The highest BCUT2D eigenvalue weighted by Crippen LogP contribution is 2.37. The van der Waals surface area contributed by atoms with E-state index in [1.54, 1.807) is 4.90 Å². The Morgan fingerprint density at radius 1 is 1.11 bits per heavy atom. The fourth-order valence-corrected chi connectivity index (χ4v) is 4.01. The van der Waals surface area contributed by atoms with Crippen molar-refractivity contribution in [3.63, 3.8) is 0 Å². The molecule has 1 amide bonds. The average Bonchev–Trinajstić information content (AvgIpc) is 2.82. The minimum absolute atomic E-state index is 0.0188. The lowest BCUT2D eigenvalue weighted by atomic mass is 9.79. The standard InChI is InChI=1S/C29H41NO6/c1-8-26(36-27(32)30(22(2)3)23(4)5)25(31)18-29(20-34-28(6,7)35-21-29)16-12-13-17-33-19-24-14-10-9-11-15-24/h9-11,14-15,22-23,25,31H,1,16-21H2,2-7H3. The molecule has 1 aliphatic rings. The van der Waals surface area contributed by atoms with E-state index in [2.05, 4.69) is 24.2 Å². The van der Waals surface area contributed by atoms with E-state index < -0.39 is 23.4 Å². The van der Waals surface area contributed by atoms with Crippen LogP contribution in [0.5, 0.6) is 0 Å². The van der Waals surface area contributed by atoms with Crippen molar-refractivity contribution in [2.45, 2.75) is 85.0 Å². The number of hydrogen-bond acceptors (Lipinski definition) is 6. The van der Waals surface area contributed by atoms with Crippen molar-refractivity contribution in [2.24, 2.45) is 5.41 Å². The van der Waals surface area contributed by atoms with E-state index in [0.717, 1.165) is 5.56 Å². The van der Waals surface area contributed by atoms with E-state index >= 15 is 0 Å². The highest BCUT2D eigenvalue weighted by molar-refractivity contribution is 5.69. The second-order valence-corrected chi connectivity index (χ2v) is 10.2. The number of aliphatic hydroxyl groups is 1. The molecule has 1 heterocycles. The first-order valence-electron chi connectivity index (χ1n) is 12.4. The maximum absolute atomic E-state index is 12.8. The minimum atomic E-state index is -1.13. The van der Waals surface area contributed by atoms with Gasteiger partial charge in [-0.1, -0.05) is 48.6 Å². The van der Waals surface area contributed by atoms with E-state index in [9.17, 15) is 9.90 Å². The molecule has 1 unspecified atom stereocenters. The smallest absolute Gasteiger partial charge is 0.403 e. The number of ether oxygens (including phenoxy) is 4. The van der Waals surface area contributed by atoms with Crippen LogP contribution in [-0.4, -0.2) is 59.9 Å². The Morgan fingerprint density at radius 2 is 1.72 bits per heavy atom. The third-order valence-corrected chi connectivity index (χ3v) is 5.95. The molecule has 1 aliphatic heterocycles. The summed E-state index contributed by atoms with van der Waals surface area (Å²) in [5, 5.41) is 11.0. The molecule has 1 N–H and O–H groups in total. The van der Waals surface area contributed by atoms with Crippen LogP contribution in [0.15, 0.2) is 48.4 Å². The highest BCUT2D eigenvalue weighted by atomic mass is 16.7. The van der Waals surface area contributed by atoms with Crippen LogP contribution in [0.4, 0.5) is 4.79 Å². The molecule has 198 valence electrons. The Bertz CT molecular complexity index is 935. The van der Waals surface area contributed by atoms with Crippen molar-refractivity contribution < 1.29 is 28.8 Å². The van der Waals surface area contributed by atoms with Gasteiger partial charge in [0.1, 0.15) is 12.7 Å². The van der Waals surface area contributed by atoms with Crippen molar-refractivity contribution in [1.29, 1.82) is 0 Å². The molecule has 0 bridgehead atoms. The van der Waals surface area contributed by atoms with Gasteiger partial charge in [-0.05, 0) is 53.5 Å². The summed E-state index contributed by atoms with van der Waals surface area (Å²) in [7, 11) is 0. The van der Waals surface area contributed by atoms with Crippen LogP contribution in [0.2, 0.25) is 0 Å². The molecule has 7 heteroatoms. The molecular formula is C29H41NO6. The highest BCUT2D eigenvalue weighted by Gasteiger charge is 2.42. The number of hydrogen-bond donors (Lipinski definition) is 1. The first-order valence-corrected chi connectivity index (χ1v) is 12.4. The number of aliphatic hydroxyl groups excluding tert-OH is 1. The Kier molecular flexibility index (Phi) is 11.2. The van der Waals surface area contributed by atoms with Gasteiger partial charge in [-0.15, -0.1) is 5.92 Å². The van der Waals surface area contributed by atoms with Crippen molar-refractivity contribution >= 4 is 6.09 Å². The van der Waals surface area contributed by atoms with Crippen molar-refractivity contribution in [1.82, 2.24) is 4.90 Å². The molecule has 1 aromatic rings. The zero-order valence-electron chi connectivity index (χ0n) is 22.5. The van der Waals surface area contributed by atoms with Gasteiger partial charge in [-0.25, -0.2) is 4.79 Å². The summed E-state index contributed by atoms with van der Waals surface area (Å²) >= 11 is 0. The summed E-state index contributed by atoms with van der Waals surface area (Å²) in [6.07, 6.45) is -1.06. The van der Waals surface area contributed by atoms with Crippen molar-refractivity contribution in [3.05, 3.63) is 54.0 Å². The molecule has 7 nitrogen and oxygen atoms in total. The number of benzene rings is 1. The second-order valence-electron chi connectivity index (χ2n) is 10.2. The summed E-state index contributed by atoms with van der Waals surface area (Å²) in [6, 6.07) is 9.78. The average molecular weight is 500 g/mol. The van der Waals surface area contributed by atoms with Crippen LogP contribution >= 0.6 is 0 Å². The van der Waals surface area contributed by atoms with Crippen LogP contribution in [0, 0.1) is 17.3 Å². The van der Waals surface area contributed by atoms with Crippen molar-refractivity contribution in [3.8, 4) is 11.8 Å². The van der Waals surface area contributed by atoms with E-state index in [-0.39, 0.29) is 30.9 Å². The lowest BCUT2D eigenvalue weighted by Gasteiger charge is -2.43. The first-order chi connectivity index (χ1) is 17.0. The fourth-order valence-electron chi connectivity index (χ4n) is 4.01. The lowest BCUT2D eigenvalue weighted by molar-refractivity contribution is -0.288. The molecule has 2 rings (SSSR count). The van der Waals surface area contributed by atoms with Gasteiger partial charge in [0.25, 0.3) is 0 Å². The van der Waals surface area contributed by atoms with Gasteiger partial charge >= 0.3 is 6.09 Å². The largest absolute Gasteiger partial charge is 0.416 e. The van der Waals surface area contributed by atoms with Gasteiger partial charge in [0.2, 0.25) is 0 Å². The molecule has 0 spiro atoms. The summed E-state index contributed by atoms with van der Waals surface area (Å²) in [6.45, 7) is 16.4. The number of rotatable bonds is 10. The maximum atomic E-state index is 12.8. The Morgan fingerprint density at radius 3 is 2.28 bits per heavy atom. The third kappa shape index (κ3) is 9.13. The molecule has 36 heavy (non-hydrogen) atoms. The zero-order valence-corrected chi connectivity index (χ0v) is 22.5. The summed E-state index contributed by atoms with van der Waals surface area (Å²) in [4.78, 5) is 14.3. The Hall–Kier alpha value is -2.59. The summed E-state index contributed by atoms with van der Waals surface area (Å²) in [5.74, 6) is 5.46. The predicted molar refractivity (Wildman–Crippen MR) is 139 cm³/mol. The van der Waals surface area contributed by atoms with E-state index in [1.165, 1.54) is 0 Å². The SMILES string of the molecule is C=C=C(OC(=O)N(C(C)C)C(C)C)C(O)CC1(CC#CCOCc2ccccc2)COC(C)(C)OC1. The normalized spacial score (nSPS) is 17.0. The monoisotopic (exact) mass is 499 g/mol. The molecule has 0 saturated carbocycles. The maximum Gasteiger partial charge on any atom is 0.416 e.